The van der Waals surface area contributed by atoms with E-state index in [2.05, 4.69) is 25.5 Å². The highest BCUT2D eigenvalue weighted by Gasteiger charge is 2.13. The van der Waals surface area contributed by atoms with Crippen molar-refractivity contribution in [3.05, 3.63) is 42.7 Å². The molecule has 3 rings (SSSR count). The lowest BCUT2D eigenvalue weighted by molar-refractivity contribution is -0.113. The average molecular weight is 356 g/mol. The van der Waals surface area contributed by atoms with Crippen LogP contribution in [0, 0.1) is 0 Å². The smallest absolute Gasteiger partial charge is 0.237 e. The Labute approximate surface area is 148 Å². The minimum absolute atomic E-state index is 0.187. The first-order valence-corrected chi connectivity index (χ1v) is 8.39. The second kappa shape index (κ2) is 7.75. The Kier molecular flexibility index (Phi) is 5.24. The largest absolute Gasteiger partial charge is 0.497 e. The van der Waals surface area contributed by atoms with Crippen LogP contribution in [0.1, 0.15) is 0 Å². The molecule has 0 bridgehead atoms. The zero-order chi connectivity index (χ0) is 17.6. The molecule has 0 saturated heterocycles. The molecule has 2 aromatic heterocycles. The number of carbonyl (C=O) groups excluding carboxylic acids is 1. The summed E-state index contributed by atoms with van der Waals surface area (Å²) in [4.78, 5) is 19.9. The molecule has 0 spiro atoms. The lowest BCUT2D eigenvalue weighted by atomic mass is 10.2. The fourth-order valence-corrected chi connectivity index (χ4v) is 2.80. The Bertz CT molecular complexity index is 851. The SMILES string of the molecule is COc1ccc(-c2nnc(SCC(=O)Nc3ncccn3)n2C)cc1. The summed E-state index contributed by atoms with van der Waals surface area (Å²) in [6, 6.07) is 9.24. The van der Waals surface area contributed by atoms with Crippen LogP contribution < -0.4 is 10.1 Å². The predicted molar refractivity (Wildman–Crippen MR) is 94.4 cm³/mol. The van der Waals surface area contributed by atoms with Crippen LogP contribution in [-0.2, 0) is 11.8 Å². The molecule has 0 aliphatic carbocycles. The molecular formula is C16H16N6O2S. The maximum atomic E-state index is 12.0. The molecule has 0 atom stereocenters. The van der Waals surface area contributed by atoms with Crippen molar-refractivity contribution in [1.29, 1.82) is 0 Å². The molecule has 0 aliphatic heterocycles. The van der Waals surface area contributed by atoms with Crippen LogP contribution in [0.15, 0.2) is 47.9 Å². The number of ether oxygens (including phenoxy) is 1. The average Bonchev–Trinajstić information content (AvgIpc) is 3.01. The Morgan fingerprint density at radius 3 is 2.60 bits per heavy atom. The summed E-state index contributed by atoms with van der Waals surface area (Å²) >= 11 is 1.29. The molecule has 2 heterocycles. The van der Waals surface area contributed by atoms with Gasteiger partial charge in [-0.2, -0.15) is 0 Å². The second-order valence-corrected chi connectivity index (χ2v) is 5.95. The molecule has 128 valence electrons. The number of thioether (sulfide) groups is 1. The van der Waals surface area contributed by atoms with Gasteiger partial charge in [-0.3, -0.25) is 10.1 Å². The number of anilines is 1. The third-order valence-corrected chi connectivity index (χ3v) is 4.35. The molecular weight excluding hydrogens is 340 g/mol. The lowest BCUT2D eigenvalue weighted by Crippen LogP contribution is -2.16. The van der Waals surface area contributed by atoms with Gasteiger partial charge in [0.05, 0.1) is 12.9 Å². The van der Waals surface area contributed by atoms with Crippen molar-refractivity contribution < 1.29 is 9.53 Å². The molecule has 9 heteroatoms. The van der Waals surface area contributed by atoms with Gasteiger partial charge in [-0.15, -0.1) is 10.2 Å². The van der Waals surface area contributed by atoms with Crippen LogP contribution in [0.25, 0.3) is 11.4 Å². The zero-order valence-corrected chi connectivity index (χ0v) is 14.5. The van der Waals surface area contributed by atoms with E-state index < -0.39 is 0 Å². The summed E-state index contributed by atoms with van der Waals surface area (Å²) in [5.74, 6) is 1.76. The van der Waals surface area contributed by atoms with E-state index in [1.54, 1.807) is 25.6 Å². The molecule has 0 unspecified atom stereocenters. The number of carbonyl (C=O) groups is 1. The molecule has 1 N–H and O–H groups in total. The number of benzene rings is 1. The number of amides is 1. The van der Waals surface area contributed by atoms with Crippen molar-refractivity contribution in [1.82, 2.24) is 24.7 Å². The van der Waals surface area contributed by atoms with Gasteiger partial charge in [0.25, 0.3) is 0 Å². The van der Waals surface area contributed by atoms with E-state index in [1.807, 2.05) is 35.9 Å². The molecule has 1 aromatic carbocycles. The van der Waals surface area contributed by atoms with E-state index in [0.29, 0.717) is 5.16 Å². The molecule has 1 amide bonds. The van der Waals surface area contributed by atoms with E-state index in [0.717, 1.165) is 17.1 Å². The fraction of sp³-hybridized carbons (Fsp3) is 0.188. The van der Waals surface area contributed by atoms with Crippen molar-refractivity contribution in [2.24, 2.45) is 7.05 Å². The lowest BCUT2D eigenvalue weighted by Gasteiger charge is -2.05. The quantitative estimate of drug-likeness (QED) is 0.675. The number of aromatic nitrogens is 5. The Balaban J connectivity index is 1.64. The molecule has 3 aromatic rings. The van der Waals surface area contributed by atoms with Crippen LogP contribution in [0.4, 0.5) is 5.95 Å². The Morgan fingerprint density at radius 1 is 1.20 bits per heavy atom. The normalized spacial score (nSPS) is 10.5. The van der Waals surface area contributed by atoms with Gasteiger partial charge >= 0.3 is 0 Å². The first kappa shape index (κ1) is 16.9. The highest BCUT2D eigenvalue weighted by atomic mass is 32.2. The maximum absolute atomic E-state index is 12.0. The van der Waals surface area contributed by atoms with Crippen LogP contribution >= 0.6 is 11.8 Å². The number of nitrogens with one attached hydrogen (secondary N) is 1. The predicted octanol–water partition coefficient (Wildman–Crippen LogP) is 2.01. The molecule has 0 aliphatic rings. The number of hydrogen-bond donors (Lipinski definition) is 1. The summed E-state index contributed by atoms with van der Waals surface area (Å²) in [7, 11) is 3.48. The third-order valence-electron chi connectivity index (χ3n) is 3.33. The zero-order valence-electron chi connectivity index (χ0n) is 13.7. The Hall–Kier alpha value is -2.94. The molecule has 0 radical (unpaired) electrons. The minimum Gasteiger partial charge on any atom is -0.497 e. The van der Waals surface area contributed by atoms with Gasteiger partial charge in [0.2, 0.25) is 11.9 Å². The van der Waals surface area contributed by atoms with Crippen LogP contribution in [0.3, 0.4) is 0 Å². The van der Waals surface area contributed by atoms with Gasteiger partial charge in [-0.1, -0.05) is 11.8 Å². The highest BCUT2D eigenvalue weighted by Crippen LogP contribution is 2.24. The number of rotatable bonds is 6. The van der Waals surface area contributed by atoms with Gasteiger partial charge in [-0.05, 0) is 30.3 Å². The summed E-state index contributed by atoms with van der Waals surface area (Å²) in [6.45, 7) is 0. The molecule has 0 saturated carbocycles. The topological polar surface area (TPSA) is 94.8 Å². The van der Waals surface area contributed by atoms with Gasteiger partial charge in [0.15, 0.2) is 11.0 Å². The van der Waals surface area contributed by atoms with Crippen molar-refractivity contribution in [2.45, 2.75) is 5.16 Å². The number of hydrogen-bond acceptors (Lipinski definition) is 7. The van der Waals surface area contributed by atoms with Gasteiger partial charge in [0.1, 0.15) is 5.75 Å². The van der Waals surface area contributed by atoms with Crippen molar-refractivity contribution >= 4 is 23.6 Å². The van der Waals surface area contributed by atoms with Gasteiger partial charge in [0, 0.05) is 25.0 Å². The molecule has 25 heavy (non-hydrogen) atoms. The Morgan fingerprint density at radius 2 is 1.92 bits per heavy atom. The number of methoxy groups -OCH3 is 1. The van der Waals surface area contributed by atoms with Crippen LogP contribution in [-0.4, -0.2) is 43.5 Å². The fourth-order valence-electron chi connectivity index (χ4n) is 2.09. The van der Waals surface area contributed by atoms with Gasteiger partial charge in [-0.25, -0.2) is 9.97 Å². The summed E-state index contributed by atoms with van der Waals surface area (Å²) in [6.07, 6.45) is 3.14. The third kappa shape index (κ3) is 4.13. The van der Waals surface area contributed by atoms with Crippen LogP contribution in [0.2, 0.25) is 0 Å². The van der Waals surface area contributed by atoms with E-state index in [4.69, 9.17) is 4.74 Å². The first-order valence-electron chi connectivity index (χ1n) is 7.41. The second-order valence-electron chi connectivity index (χ2n) is 5.00. The van der Waals surface area contributed by atoms with E-state index in [-0.39, 0.29) is 17.6 Å². The van der Waals surface area contributed by atoms with Crippen molar-refractivity contribution in [2.75, 3.05) is 18.2 Å². The van der Waals surface area contributed by atoms with Crippen molar-refractivity contribution in [3.63, 3.8) is 0 Å². The molecule has 0 fully saturated rings. The van der Waals surface area contributed by atoms with Crippen LogP contribution in [0.5, 0.6) is 5.75 Å². The minimum atomic E-state index is -0.204. The standard InChI is InChI=1S/C16H16N6O2S/c1-22-14(11-4-6-12(24-2)7-5-11)20-21-16(22)25-10-13(23)19-15-17-8-3-9-18-15/h3-9H,10H2,1-2H3,(H,17,18,19,23). The molecule has 8 nitrogen and oxygen atoms in total. The van der Waals surface area contributed by atoms with E-state index in [9.17, 15) is 4.79 Å². The summed E-state index contributed by atoms with van der Waals surface area (Å²) in [5, 5.41) is 11.6. The maximum Gasteiger partial charge on any atom is 0.237 e. The highest BCUT2D eigenvalue weighted by molar-refractivity contribution is 7.99. The van der Waals surface area contributed by atoms with E-state index >= 15 is 0 Å². The first-order chi connectivity index (χ1) is 12.2. The van der Waals surface area contributed by atoms with Gasteiger partial charge < -0.3 is 9.30 Å². The van der Waals surface area contributed by atoms with Crippen molar-refractivity contribution in [3.8, 4) is 17.1 Å². The monoisotopic (exact) mass is 356 g/mol. The van der Waals surface area contributed by atoms with E-state index in [1.165, 1.54) is 11.8 Å². The summed E-state index contributed by atoms with van der Waals surface area (Å²) in [5.41, 5.74) is 0.921. The summed E-state index contributed by atoms with van der Waals surface area (Å²) < 4.78 is 7.00. The number of nitrogens with zero attached hydrogens (tertiary/aromatic N) is 5.